The Morgan fingerprint density at radius 1 is 0.971 bits per heavy atom. The summed E-state index contributed by atoms with van der Waals surface area (Å²) in [5, 5.41) is 3.62. The van der Waals surface area contributed by atoms with E-state index in [4.69, 9.17) is 14.9 Å². The van der Waals surface area contributed by atoms with E-state index >= 15 is 0 Å². The summed E-state index contributed by atoms with van der Waals surface area (Å²) in [7, 11) is 0. The van der Waals surface area contributed by atoms with Gasteiger partial charge in [-0.25, -0.2) is 4.39 Å². The first-order valence-corrected chi connectivity index (χ1v) is 11.9. The molecule has 0 aliphatic carbocycles. The fourth-order valence-corrected chi connectivity index (χ4v) is 4.37. The first kappa shape index (κ1) is 22.9. The van der Waals surface area contributed by atoms with Crippen molar-refractivity contribution in [3.63, 3.8) is 0 Å². The van der Waals surface area contributed by atoms with Gasteiger partial charge in [0.05, 0.1) is 11.4 Å². The highest BCUT2D eigenvalue weighted by Crippen LogP contribution is 2.29. The number of nitrogens with one attached hydrogen (secondary N) is 1. The minimum absolute atomic E-state index is 0.178. The van der Waals surface area contributed by atoms with Crippen LogP contribution in [0.2, 0.25) is 0 Å². The molecule has 6 nitrogen and oxygen atoms in total. The van der Waals surface area contributed by atoms with Crippen LogP contribution in [-0.4, -0.2) is 37.0 Å². The van der Waals surface area contributed by atoms with Gasteiger partial charge in [-0.1, -0.05) is 24.6 Å². The zero-order chi connectivity index (χ0) is 24.2. The van der Waals surface area contributed by atoms with Gasteiger partial charge in [0.25, 0.3) is 5.91 Å². The molecule has 7 heteroatoms. The second-order valence-corrected chi connectivity index (χ2v) is 8.82. The number of nitrogens with zero attached hydrogens (tertiary/aromatic N) is 1. The zero-order valence-electron chi connectivity index (χ0n) is 19.4. The molecule has 3 N–H and O–H groups in total. The van der Waals surface area contributed by atoms with E-state index in [1.54, 1.807) is 30.3 Å². The van der Waals surface area contributed by atoms with Crippen molar-refractivity contribution < 1.29 is 18.3 Å². The first-order chi connectivity index (χ1) is 17.0. The molecule has 0 spiro atoms. The van der Waals surface area contributed by atoms with E-state index < -0.39 is 5.91 Å². The number of furan rings is 1. The molecule has 1 aliphatic heterocycles. The quantitative estimate of drug-likeness (QED) is 0.325. The third-order valence-electron chi connectivity index (χ3n) is 6.32. The number of halogens is 1. The van der Waals surface area contributed by atoms with Crippen LogP contribution in [0.15, 0.2) is 71.1 Å². The van der Waals surface area contributed by atoms with Crippen LogP contribution in [0.3, 0.4) is 0 Å². The zero-order valence-corrected chi connectivity index (χ0v) is 19.4. The molecule has 1 amide bonds. The third-order valence-corrected chi connectivity index (χ3v) is 6.32. The monoisotopic (exact) mass is 473 g/mol. The number of hydrogen-bond donors (Lipinski definition) is 2. The number of likely N-dealkylation sites (tertiary alicyclic amines) is 1. The number of hydrogen-bond acceptors (Lipinski definition) is 5. The number of ether oxygens (including phenoxy) is 1. The molecule has 1 saturated heterocycles. The van der Waals surface area contributed by atoms with Crippen LogP contribution in [0.5, 0.6) is 5.75 Å². The second-order valence-electron chi connectivity index (χ2n) is 8.82. The summed E-state index contributed by atoms with van der Waals surface area (Å²) in [6.45, 7) is 3.82. The molecule has 5 rings (SSSR count). The maximum absolute atomic E-state index is 13.3. The number of rotatable bonds is 7. The summed E-state index contributed by atoms with van der Waals surface area (Å²) in [5.74, 6) is 0.213. The van der Waals surface area contributed by atoms with E-state index in [0.717, 1.165) is 41.9 Å². The van der Waals surface area contributed by atoms with E-state index in [1.165, 1.54) is 31.4 Å². The summed E-state index contributed by atoms with van der Waals surface area (Å²) in [5.41, 5.74) is 9.20. The number of fused-ring (bicyclic) bond motifs is 1. The van der Waals surface area contributed by atoms with Crippen LogP contribution in [0.25, 0.3) is 22.1 Å². The van der Waals surface area contributed by atoms with E-state index in [1.807, 2.05) is 24.3 Å². The van der Waals surface area contributed by atoms with Crippen LogP contribution in [0.1, 0.15) is 29.8 Å². The molecule has 1 fully saturated rings. The van der Waals surface area contributed by atoms with E-state index in [9.17, 15) is 9.18 Å². The molecular weight excluding hydrogens is 445 g/mol. The standard InChI is InChI=1S/C28H28FN3O3/c29-22-7-4-19(5-8-22)20-6-10-24(30)25(17-20)31-28(33)27-18-21-16-23(9-11-26(21)35-27)34-15-14-32-12-2-1-3-13-32/h4-11,16-18H,1-3,12-15,30H2,(H,31,33). The molecule has 3 aromatic carbocycles. The Labute approximate surface area is 203 Å². The predicted molar refractivity (Wildman–Crippen MR) is 136 cm³/mol. The number of carbonyl (C=O) groups is 1. The van der Waals surface area contributed by atoms with Crippen molar-refractivity contribution in [2.45, 2.75) is 19.3 Å². The molecule has 1 aliphatic rings. The summed E-state index contributed by atoms with van der Waals surface area (Å²) in [4.78, 5) is 15.3. The highest BCUT2D eigenvalue weighted by Gasteiger charge is 2.15. The second kappa shape index (κ2) is 10.2. The molecular formula is C28H28FN3O3. The number of piperidine rings is 1. The van der Waals surface area contributed by atoms with Gasteiger partial charge < -0.3 is 20.2 Å². The highest BCUT2D eigenvalue weighted by atomic mass is 19.1. The number of benzene rings is 3. The molecule has 1 aromatic heterocycles. The predicted octanol–water partition coefficient (Wildman–Crippen LogP) is 5.94. The smallest absolute Gasteiger partial charge is 0.291 e. The lowest BCUT2D eigenvalue weighted by Crippen LogP contribution is -2.33. The van der Waals surface area contributed by atoms with Gasteiger partial charge in [-0.05, 0) is 85.6 Å². The molecule has 180 valence electrons. The molecule has 0 bridgehead atoms. The van der Waals surface area contributed by atoms with Gasteiger partial charge in [0, 0.05) is 11.9 Å². The average Bonchev–Trinajstić information content (AvgIpc) is 3.30. The van der Waals surface area contributed by atoms with Gasteiger partial charge >= 0.3 is 0 Å². The Balaban J connectivity index is 1.26. The summed E-state index contributed by atoms with van der Waals surface area (Å²) in [6, 6.07) is 18.7. The number of amides is 1. The fraction of sp³-hybridized carbons (Fsp3) is 0.250. The Morgan fingerprint density at radius 3 is 2.54 bits per heavy atom. The number of nitrogens with two attached hydrogens (primary N) is 1. The first-order valence-electron chi connectivity index (χ1n) is 11.9. The van der Waals surface area contributed by atoms with Crippen LogP contribution >= 0.6 is 0 Å². The van der Waals surface area contributed by atoms with Crippen molar-refractivity contribution in [1.29, 1.82) is 0 Å². The van der Waals surface area contributed by atoms with Gasteiger partial charge in [-0.2, -0.15) is 0 Å². The van der Waals surface area contributed by atoms with Crippen LogP contribution in [-0.2, 0) is 0 Å². The molecule has 4 aromatic rings. The average molecular weight is 474 g/mol. The van der Waals surface area contributed by atoms with Crippen LogP contribution in [0, 0.1) is 5.82 Å². The highest BCUT2D eigenvalue weighted by molar-refractivity contribution is 6.06. The molecule has 0 saturated carbocycles. The van der Waals surface area contributed by atoms with Crippen molar-refractivity contribution in [2.24, 2.45) is 0 Å². The Hall–Kier alpha value is -3.84. The van der Waals surface area contributed by atoms with Gasteiger partial charge in [0.1, 0.15) is 23.8 Å². The third kappa shape index (κ3) is 5.46. The number of anilines is 2. The van der Waals surface area contributed by atoms with Crippen LogP contribution < -0.4 is 15.8 Å². The van der Waals surface area contributed by atoms with Crippen molar-refractivity contribution in [3.05, 3.63) is 78.3 Å². The molecule has 35 heavy (non-hydrogen) atoms. The summed E-state index contributed by atoms with van der Waals surface area (Å²) < 4.78 is 25.0. The fourth-order valence-electron chi connectivity index (χ4n) is 4.37. The van der Waals surface area contributed by atoms with Crippen molar-refractivity contribution >= 4 is 28.3 Å². The summed E-state index contributed by atoms with van der Waals surface area (Å²) in [6.07, 6.45) is 3.83. The minimum Gasteiger partial charge on any atom is -0.492 e. The number of carbonyl (C=O) groups excluding carboxylic acids is 1. The lowest BCUT2D eigenvalue weighted by Gasteiger charge is -2.26. The molecule has 0 radical (unpaired) electrons. The topological polar surface area (TPSA) is 80.7 Å². The van der Waals surface area contributed by atoms with E-state index in [0.29, 0.717) is 23.6 Å². The number of nitrogen functional groups attached to an aromatic ring is 1. The molecule has 0 unspecified atom stereocenters. The van der Waals surface area contributed by atoms with Crippen molar-refractivity contribution in [2.75, 3.05) is 37.3 Å². The van der Waals surface area contributed by atoms with Gasteiger partial charge in [0.15, 0.2) is 5.76 Å². The maximum atomic E-state index is 13.3. The SMILES string of the molecule is Nc1ccc(-c2ccc(F)cc2)cc1NC(=O)c1cc2cc(OCCN3CCCCC3)ccc2o1. The Kier molecular flexibility index (Phi) is 6.68. The Bertz CT molecular complexity index is 1330. The largest absolute Gasteiger partial charge is 0.492 e. The van der Waals surface area contributed by atoms with E-state index in [-0.39, 0.29) is 11.6 Å². The van der Waals surface area contributed by atoms with Crippen LogP contribution in [0.4, 0.5) is 15.8 Å². The Morgan fingerprint density at radius 2 is 1.74 bits per heavy atom. The normalized spacial score (nSPS) is 14.2. The van der Waals surface area contributed by atoms with E-state index in [2.05, 4.69) is 10.2 Å². The molecule has 0 atom stereocenters. The van der Waals surface area contributed by atoms with Gasteiger partial charge in [-0.15, -0.1) is 0 Å². The van der Waals surface area contributed by atoms with Crippen molar-refractivity contribution in [3.8, 4) is 16.9 Å². The summed E-state index contributed by atoms with van der Waals surface area (Å²) >= 11 is 0. The lowest BCUT2D eigenvalue weighted by atomic mass is 10.0. The minimum atomic E-state index is -0.406. The lowest BCUT2D eigenvalue weighted by molar-refractivity contribution is 0.0999. The van der Waals surface area contributed by atoms with Gasteiger partial charge in [0.2, 0.25) is 0 Å². The van der Waals surface area contributed by atoms with Gasteiger partial charge in [-0.3, -0.25) is 9.69 Å². The molecule has 2 heterocycles. The maximum Gasteiger partial charge on any atom is 0.291 e. The van der Waals surface area contributed by atoms with Crippen molar-refractivity contribution in [1.82, 2.24) is 4.90 Å².